The third-order valence-electron chi connectivity index (χ3n) is 5.94. The molecule has 2 saturated carbocycles. The van der Waals surface area contributed by atoms with Crippen molar-refractivity contribution in [2.24, 2.45) is 5.92 Å². The van der Waals surface area contributed by atoms with E-state index in [1.165, 1.54) is 12.1 Å². The maximum atomic E-state index is 13.0. The number of fused-ring (bicyclic) bond motifs is 1. The van der Waals surface area contributed by atoms with Gasteiger partial charge in [0.1, 0.15) is 11.6 Å². The third kappa shape index (κ3) is 4.18. The van der Waals surface area contributed by atoms with Crippen LogP contribution in [0.2, 0.25) is 0 Å². The van der Waals surface area contributed by atoms with Crippen molar-refractivity contribution in [3.05, 3.63) is 59.0 Å². The van der Waals surface area contributed by atoms with Crippen LogP contribution in [-0.2, 0) is 11.3 Å². The van der Waals surface area contributed by atoms with Crippen LogP contribution in [0.3, 0.4) is 0 Å². The van der Waals surface area contributed by atoms with Gasteiger partial charge >= 0.3 is 5.97 Å². The van der Waals surface area contributed by atoms with E-state index in [1.807, 2.05) is 0 Å². The summed E-state index contributed by atoms with van der Waals surface area (Å²) in [5.74, 6) is -1.16. The summed E-state index contributed by atoms with van der Waals surface area (Å²) in [5, 5.41) is 14.8. The predicted molar refractivity (Wildman–Crippen MR) is 115 cm³/mol. The molecule has 164 valence electrons. The van der Waals surface area contributed by atoms with Gasteiger partial charge in [-0.3, -0.25) is 9.59 Å². The molecule has 9 heteroatoms. The molecule has 9 nitrogen and oxygen atoms in total. The summed E-state index contributed by atoms with van der Waals surface area (Å²) < 4.78 is 0. The van der Waals surface area contributed by atoms with Crippen LogP contribution in [0.25, 0.3) is 11.2 Å². The van der Waals surface area contributed by atoms with Crippen molar-refractivity contribution in [1.29, 1.82) is 0 Å². The number of H-pyrrole nitrogens is 1. The molecule has 0 spiro atoms. The molecule has 4 N–H and O–H groups in total. The van der Waals surface area contributed by atoms with Gasteiger partial charge in [-0.05, 0) is 49.3 Å². The molecule has 1 atom stereocenters. The Labute approximate surface area is 183 Å². The first kappa shape index (κ1) is 20.2. The van der Waals surface area contributed by atoms with Crippen LogP contribution in [0.4, 0.5) is 0 Å². The van der Waals surface area contributed by atoms with Gasteiger partial charge in [0.05, 0.1) is 23.0 Å². The Morgan fingerprint density at radius 3 is 2.72 bits per heavy atom. The van der Waals surface area contributed by atoms with Gasteiger partial charge in [0.25, 0.3) is 5.91 Å². The van der Waals surface area contributed by atoms with Crippen LogP contribution in [0.15, 0.2) is 36.7 Å². The van der Waals surface area contributed by atoms with E-state index in [0.717, 1.165) is 31.4 Å². The first-order chi connectivity index (χ1) is 15.5. The van der Waals surface area contributed by atoms with Crippen LogP contribution in [0.5, 0.6) is 0 Å². The molecule has 2 aliphatic carbocycles. The number of nitrogens with zero attached hydrogens (tertiary/aromatic N) is 2. The minimum atomic E-state index is -1.02. The molecule has 0 radical (unpaired) electrons. The number of carbonyl (C=O) groups excluding carboxylic acids is 2. The number of aromatic carboxylic acids is 1. The van der Waals surface area contributed by atoms with E-state index in [0.29, 0.717) is 28.2 Å². The van der Waals surface area contributed by atoms with Crippen molar-refractivity contribution in [2.75, 3.05) is 0 Å². The molecule has 2 aromatic heterocycles. The Bertz CT molecular complexity index is 1210. The zero-order valence-electron chi connectivity index (χ0n) is 17.3. The Kier molecular flexibility index (Phi) is 5.08. The van der Waals surface area contributed by atoms with E-state index in [-0.39, 0.29) is 29.8 Å². The highest BCUT2D eigenvalue weighted by molar-refractivity contribution is 6.06. The zero-order chi connectivity index (χ0) is 22.2. The molecule has 2 fully saturated rings. The maximum absolute atomic E-state index is 13.0. The number of hydrogen-bond acceptors (Lipinski definition) is 5. The third-order valence-corrected chi connectivity index (χ3v) is 5.94. The highest BCUT2D eigenvalue weighted by Gasteiger charge is 2.38. The van der Waals surface area contributed by atoms with E-state index in [9.17, 15) is 14.4 Å². The van der Waals surface area contributed by atoms with Crippen molar-refractivity contribution >= 4 is 28.9 Å². The second-order valence-corrected chi connectivity index (χ2v) is 8.48. The minimum absolute atomic E-state index is 0.0858. The van der Waals surface area contributed by atoms with Gasteiger partial charge in [0, 0.05) is 18.7 Å². The van der Waals surface area contributed by atoms with Gasteiger partial charge in [-0.25, -0.2) is 14.8 Å². The van der Waals surface area contributed by atoms with Crippen molar-refractivity contribution in [2.45, 2.75) is 44.2 Å². The number of nitrogens with one attached hydrogen (secondary N) is 3. The Balaban J connectivity index is 1.28. The fourth-order valence-electron chi connectivity index (χ4n) is 3.81. The standard InChI is InChI=1S/C23H23N5O4/c29-21(16-10-24-20-19(16)27-17(11-25-20)13-4-5-13)28-18(14-6-7-14)22(30)26-9-12-2-1-3-15(8-12)23(31)32/h1-3,8,10-11,13-14,18H,4-7,9H2,(H,24,25)(H,26,30)(H,28,29)(H,31,32)/t18-/m1/s1. The lowest BCUT2D eigenvalue weighted by Gasteiger charge is -2.18. The van der Waals surface area contributed by atoms with Crippen LogP contribution in [-0.4, -0.2) is 43.9 Å². The lowest BCUT2D eigenvalue weighted by molar-refractivity contribution is -0.123. The molecule has 0 aliphatic heterocycles. The summed E-state index contributed by atoms with van der Waals surface area (Å²) in [4.78, 5) is 49.0. The van der Waals surface area contributed by atoms with E-state index < -0.39 is 12.0 Å². The molecular formula is C23H23N5O4. The van der Waals surface area contributed by atoms with Gasteiger partial charge in [-0.15, -0.1) is 0 Å². The summed E-state index contributed by atoms with van der Waals surface area (Å²) in [6.07, 6.45) is 7.24. The smallest absolute Gasteiger partial charge is 0.335 e. The molecule has 32 heavy (non-hydrogen) atoms. The van der Waals surface area contributed by atoms with Crippen LogP contribution in [0, 0.1) is 5.92 Å². The Morgan fingerprint density at radius 1 is 1.19 bits per heavy atom. The average molecular weight is 433 g/mol. The second-order valence-electron chi connectivity index (χ2n) is 8.48. The number of carboxylic acids is 1. The monoisotopic (exact) mass is 433 g/mol. The SMILES string of the molecule is O=C(O)c1cccc(CNC(=O)[C@H](NC(=O)c2c[nH]c3ncc(C4CC4)nc23)C2CC2)c1. The highest BCUT2D eigenvalue weighted by Crippen LogP contribution is 2.39. The number of aromatic nitrogens is 3. The van der Waals surface area contributed by atoms with Crippen molar-refractivity contribution in [3.63, 3.8) is 0 Å². The molecule has 3 aromatic rings. The Morgan fingerprint density at radius 2 is 2.00 bits per heavy atom. The van der Waals surface area contributed by atoms with Crippen LogP contribution in [0.1, 0.15) is 63.6 Å². The fourth-order valence-corrected chi connectivity index (χ4v) is 3.81. The highest BCUT2D eigenvalue weighted by atomic mass is 16.4. The van der Waals surface area contributed by atoms with Gasteiger partial charge in [0.2, 0.25) is 5.91 Å². The fraction of sp³-hybridized carbons (Fsp3) is 0.348. The number of benzene rings is 1. The van der Waals surface area contributed by atoms with Gasteiger partial charge in [-0.1, -0.05) is 12.1 Å². The van der Waals surface area contributed by atoms with Gasteiger partial charge in [-0.2, -0.15) is 0 Å². The van der Waals surface area contributed by atoms with Crippen LogP contribution >= 0.6 is 0 Å². The topological polar surface area (TPSA) is 137 Å². The molecule has 2 amide bonds. The molecule has 0 bridgehead atoms. The number of hydrogen-bond donors (Lipinski definition) is 4. The molecule has 1 aromatic carbocycles. The van der Waals surface area contributed by atoms with E-state index in [1.54, 1.807) is 24.5 Å². The molecule has 0 saturated heterocycles. The lowest BCUT2D eigenvalue weighted by atomic mass is 10.1. The summed E-state index contributed by atoms with van der Waals surface area (Å²) in [7, 11) is 0. The quantitative estimate of drug-likeness (QED) is 0.430. The predicted octanol–water partition coefficient (Wildman–Crippen LogP) is 2.36. The van der Waals surface area contributed by atoms with Crippen molar-refractivity contribution < 1.29 is 19.5 Å². The number of amides is 2. The van der Waals surface area contributed by atoms with Crippen molar-refractivity contribution in [1.82, 2.24) is 25.6 Å². The number of aromatic amines is 1. The molecule has 2 heterocycles. The number of carboxylic acid groups (broad SMARTS) is 1. The van der Waals surface area contributed by atoms with E-state index in [4.69, 9.17) is 5.11 Å². The normalized spacial score (nSPS) is 16.5. The largest absolute Gasteiger partial charge is 0.478 e. The molecule has 0 unspecified atom stereocenters. The summed E-state index contributed by atoms with van der Waals surface area (Å²) >= 11 is 0. The van der Waals surface area contributed by atoms with Crippen molar-refractivity contribution in [3.8, 4) is 0 Å². The zero-order valence-corrected chi connectivity index (χ0v) is 17.3. The summed E-state index contributed by atoms with van der Waals surface area (Å²) in [5.41, 5.74) is 3.18. The first-order valence-electron chi connectivity index (χ1n) is 10.7. The average Bonchev–Trinajstić information content (AvgIpc) is 3.72. The Hall–Kier alpha value is -3.75. The lowest BCUT2D eigenvalue weighted by Crippen LogP contribution is -2.47. The van der Waals surface area contributed by atoms with Gasteiger partial charge < -0.3 is 20.7 Å². The van der Waals surface area contributed by atoms with E-state index in [2.05, 4.69) is 25.6 Å². The molecule has 5 rings (SSSR count). The maximum Gasteiger partial charge on any atom is 0.335 e. The first-order valence-corrected chi connectivity index (χ1v) is 10.7. The van der Waals surface area contributed by atoms with E-state index >= 15 is 0 Å². The molecular weight excluding hydrogens is 410 g/mol. The summed E-state index contributed by atoms with van der Waals surface area (Å²) in [6.45, 7) is 0.183. The van der Waals surface area contributed by atoms with Gasteiger partial charge in [0.15, 0.2) is 5.65 Å². The number of rotatable bonds is 8. The van der Waals surface area contributed by atoms with Crippen LogP contribution < -0.4 is 10.6 Å². The minimum Gasteiger partial charge on any atom is -0.478 e. The second kappa shape index (κ2) is 8.07. The summed E-state index contributed by atoms with van der Waals surface area (Å²) in [6, 6.07) is 5.75. The number of carbonyl (C=O) groups is 3. The molecule has 2 aliphatic rings.